The van der Waals surface area contributed by atoms with E-state index in [2.05, 4.69) is 5.10 Å². The van der Waals surface area contributed by atoms with Gasteiger partial charge >= 0.3 is 0 Å². The van der Waals surface area contributed by atoms with Crippen molar-refractivity contribution in [1.82, 2.24) is 19.3 Å². The average molecular weight is 443 g/mol. The fourth-order valence-electron chi connectivity index (χ4n) is 3.31. The van der Waals surface area contributed by atoms with Crippen molar-refractivity contribution in [2.75, 3.05) is 0 Å². The van der Waals surface area contributed by atoms with Crippen LogP contribution in [0.3, 0.4) is 0 Å². The van der Waals surface area contributed by atoms with E-state index in [0.717, 1.165) is 16.8 Å². The van der Waals surface area contributed by atoms with E-state index in [-0.39, 0.29) is 11.4 Å². The van der Waals surface area contributed by atoms with Crippen LogP contribution in [0.25, 0.3) is 11.0 Å². The monoisotopic (exact) mass is 442 g/mol. The number of halogens is 2. The molecule has 5 nitrogen and oxygen atoms in total. The minimum absolute atomic E-state index is 0.152. The Morgan fingerprint density at radius 2 is 1.90 bits per heavy atom. The topological polar surface area (TPSA) is 52.7 Å². The lowest BCUT2D eigenvalue weighted by atomic mass is 10.2. The standard InChI is InChI=1S/C22H20ClFN4OS/c1-3-28-20-19(14(2)26-28)25-22(30-13-16-5-4-6-17(23)11-16)27(21(20)29)12-15-7-9-18(24)10-8-15/h4-11H,3,12-13H2,1-2H3. The van der Waals surface area contributed by atoms with Crippen LogP contribution in [0.1, 0.15) is 23.7 Å². The minimum atomic E-state index is -0.310. The molecule has 0 amide bonds. The molecule has 8 heteroatoms. The molecule has 2 aromatic carbocycles. The van der Waals surface area contributed by atoms with E-state index in [0.29, 0.717) is 40.1 Å². The zero-order chi connectivity index (χ0) is 21.3. The number of nitrogens with zero attached hydrogens (tertiary/aromatic N) is 4. The van der Waals surface area contributed by atoms with Gasteiger partial charge in [0.05, 0.1) is 12.2 Å². The van der Waals surface area contributed by atoms with E-state index < -0.39 is 0 Å². The van der Waals surface area contributed by atoms with Gasteiger partial charge in [-0.05, 0) is 49.2 Å². The first-order valence-electron chi connectivity index (χ1n) is 9.56. The number of fused-ring (bicyclic) bond motifs is 1. The maximum absolute atomic E-state index is 13.4. The summed E-state index contributed by atoms with van der Waals surface area (Å²) in [7, 11) is 0. The van der Waals surface area contributed by atoms with Crippen molar-refractivity contribution in [3.63, 3.8) is 0 Å². The van der Waals surface area contributed by atoms with Crippen LogP contribution in [-0.2, 0) is 18.8 Å². The highest BCUT2D eigenvalue weighted by Gasteiger charge is 2.18. The van der Waals surface area contributed by atoms with E-state index in [1.165, 1.54) is 23.9 Å². The largest absolute Gasteiger partial charge is 0.281 e. The molecule has 0 atom stereocenters. The first-order chi connectivity index (χ1) is 14.5. The van der Waals surface area contributed by atoms with Crippen molar-refractivity contribution < 1.29 is 4.39 Å². The molecule has 4 rings (SSSR count). The molecule has 154 valence electrons. The zero-order valence-electron chi connectivity index (χ0n) is 16.6. The summed E-state index contributed by atoms with van der Waals surface area (Å²) < 4.78 is 16.7. The van der Waals surface area contributed by atoms with Crippen LogP contribution in [0, 0.1) is 12.7 Å². The van der Waals surface area contributed by atoms with Crippen molar-refractivity contribution in [2.24, 2.45) is 0 Å². The van der Waals surface area contributed by atoms with Gasteiger partial charge in [0.25, 0.3) is 5.56 Å². The molecule has 2 heterocycles. The number of aromatic nitrogens is 4. The van der Waals surface area contributed by atoms with Crippen LogP contribution in [0.5, 0.6) is 0 Å². The summed E-state index contributed by atoms with van der Waals surface area (Å²) in [6.07, 6.45) is 0. The zero-order valence-corrected chi connectivity index (χ0v) is 18.2. The lowest BCUT2D eigenvalue weighted by molar-refractivity contribution is 0.620. The SMILES string of the molecule is CCn1nc(C)c2nc(SCc3cccc(Cl)c3)n(Cc3ccc(F)cc3)c(=O)c21. The average Bonchev–Trinajstić information content (AvgIpc) is 3.06. The number of thioether (sulfide) groups is 1. The van der Waals surface area contributed by atoms with Gasteiger partial charge < -0.3 is 0 Å². The number of rotatable bonds is 6. The quantitative estimate of drug-likeness (QED) is 0.309. The van der Waals surface area contributed by atoms with E-state index in [1.807, 2.05) is 38.1 Å². The van der Waals surface area contributed by atoms with Crippen molar-refractivity contribution in [1.29, 1.82) is 0 Å². The second kappa shape index (κ2) is 8.62. The lowest BCUT2D eigenvalue weighted by Gasteiger charge is -2.13. The summed E-state index contributed by atoms with van der Waals surface area (Å²) in [5.74, 6) is 0.304. The van der Waals surface area contributed by atoms with Crippen LogP contribution in [0.4, 0.5) is 4.39 Å². The van der Waals surface area contributed by atoms with Crippen LogP contribution < -0.4 is 5.56 Å². The third-order valence-electron chi connectivity index (χ3n) is 4.79. The summed E-state index contributed by atoms with van der Waals surface area (Å²) >= 11 is 7.57. The summed E-state index contributed by atoms with van der Waals surface area (Å²) in [4.78, 5) is 18.2. The van der Waals surface area contributed by atoms with E-state index in [1.54, 1.807) is 21.4 Å². The molecule has 0 saturated heterocycles. The Kier molecular flexibility index (Phi) is 5.92. The maximum Gasteiger partial charge on any atom is 0.280 e. The molecule has 0 spiro atoms. The summed E-state index contributed by atoms with van der Waals surface area (Å²) in [5.41, 5.74) is 3.54. The molecule has 2 aromatic heterocycles. The molecule has 30 heavy (non-hydrogen) atoms. The second-order valence-electron chi connectivity index (χ2n) is 6.93. The van der Waals surface area contributed by atoms with Gasteiger partial charge in [-0.1, -0.05) is 47.6 Å². The molecule has 0 unspecified atom stereocenters. The molecule has 0 saturated carbocycles. The van der Waals surface area contributed by atoms with Gasteiger partial charge in [0.2, 0.25) is 0 Å². The van der Waals surface area contributed by atoms with Gasteiger partial charge in [-0.15, -0.1) is 0 Å². The van der Waals surface area contributed by atoms with E-state index in [9.17, 15) is 9.18 Å². The molecule has 0 N–H and O–H groups in total. The third-order valence-corrected chi connectivity index (χ3v) is 6.07. The predicted octanol–water partition coefficient (Wildman–Crippen LogP) is 5.05. The Labute approximate surface area is 182 Å². The van der Waals surface area contributed by atoms with E-state index in [4.69, 9.17) is 16.6 Å². The van der Waals surface area contributed by atoms with Gasteiger partial charge in [-0.25, -0.2) is 9.37 Å². The van der Waals surface area contributed by atoms with Gasteiger partial charge in [0, 0.05) is 17.3 Å². The molecule has 0 bridgehead atoms. The Balaban J connectivity index is 1.80. The summed E-state index contributed by atoms with van der Waals surface area (Å²) in [5, 5.41) is 5.72. The Morgan fingerprint density at radius 1 is 1.13 bits per heavy atom. The molecular weight excluding hydrogens is 423 g/mol. The Morgan fingerprint density at radius 3 is 2.60 bits per heavy atom. The first kappa shape index (κ1) is 20.6. The highest BCUT2D eigenvalue weighted by Crippen LogP contribution is 2.25. The van der Waals surface area contributed by atoms with Crippen LogP contribution in [0.2, 0.25) is 5.02 Å². The van der Waals surface area contributed by atoms with Crippen molar-refractivity contribution in [3.8, 4) is 0 Å². The normalized spacial score (nSPS) is 11.3. The molecular formula is C22H20ClFN4OS. The van der Waals surface area contributed by atoms with Crippen LogP contribution in [-0.4, -0.2) is 19.3 Å². The summed E-state index contributed by atoms with van der Waals surface area (Å²) in [6, 6.07) is 13.8. The van der Waals surface area contributed by atoms with E-state index >= 15 is 0 Å². The molecule has 0 fully saturated rings. The molecule has 0 aliphatic heterocycles. The van der Waals surface area contributed by atoms with Gasteiger partial charge in [-0.2, -0.15) is 5.10 Å². The first-order valence-corrected chi connectivity index (χ1v) is 10.9. The number of hydrogen-bond donors (Lipinski definition) is 0. The number of hydrogen-bond acceptors (Lipinski definition) is 4. The second-order valence-corrected chi connectivity index (χ2v) is 8.31. The fourth-order valence-corrected chi connectivity index (χ4v) is 4.46. The molecule has 4 aromatic rings. The van der Waals surface area contributed by atoms with Gasteiger partial charge in [0.1, 0.15) is 11.3 Å². The fraction of sp³-hybridized carbons (Fsp3) is 0.227. The predicted molar refractivity (Wildman–Crippen MR) is 119 cm³/mol. The minimum Gasteiger partial charge on any atom is -0.281 e. The molecule has 0 aliphatic rings. The highest BCUT2D eigenvalue weighted by atomic mass is 35.5. The maximum atomic E-state index is 13.4. The van der Waals surface area contributed by atoms with Crippen molar-refractivity contribution in [3.05, 3.63) is 86.5 Å². The Bertz CT molecular complexity index is 1270. The third kappa shape index (κ3) is 4.13. The molecule has 0 aliphatic carbocycles. The lowest BCUT2D eigenvalue weighted by Crippen LogP contribution is -2.25. The molecule has 0 radical (unpaired) electrons. The number of benzene rings is 2. The summed E-state index contributed by atoms with van der Waals surface area (Å²) in [6.45, 7) is 4.68. The van der Waals surface area contributed by atoms with Crippen molar-refractivity contribution >= 4 is 34.4 Å². The van der Waals surface area contributed by atoms with Crippen LogP contribution in [0.15, 0.2) is 58.5 Å². The van der Waals surface area contributed by atoms with Gasteiger partial charge in [0.15, 0.2) is 10.7 Å². The smallest absolute Gasteiger partial charge is 0.280 e. The van der Waals surface area contributed by atoms with Crippen molar-refractivity contribution in [2.45, 2.75) is 37.8 Å². The van der Waals surface area contributed by atoms with Gasteiger partial charge in [-0.3, -0.25) is 14.0 Å². The number of aryl methyl sites for hydroxylation is 2. The Hall–Kier alpha value is -2.64. The van der Waals surface area contributed by atoms with Crippen LogP contribution >= 0.6 is 23.4 Å². The highest BCUT2D eigenvalue weighted by molar-refractivity contribution is 7.98.